The number of halogens is 3. The van der Waals surface area contributed by atoms with Gasteiger partial charge in [0.25, 0.3) is 11.8 Å². The Morgan fingerprint density at radius 2 is 1.75 bits per heavy atom. The van der Waals surface area contributed by atoms with E-state index in [4.69, 9.17) is 10.5 Å². The summed E-state index contributed by atoms with van der Waals surface area (Å²) in [7, 11) is 0. The van der Waals surface area contributed by atoms with Crippen molar-refractivity contribution in [2.24, 2.45) is 5.73 Å². The molecule has 230 valence electrons. The van der Waals surface area contributed by atoms with Crippen LogP contribution in [0.5, 0.6) is 5.75 Å². The fraction of sp³-hybridized carbons (Fsp3) is 0.300. The first kappa shape index (κ1) is 30.7. The number of ether oxygens (including phenoxy) is 1. The largest absolute Gasteiger partial charge is 0.471 e. The van der Waals surface area contributed by atoms with E-state index in [1.807, 2.05) is 31.2 Å². The zero-order chi connectivity index (χ0) is 32.0. The number of benzene rings is 1. The number of aromatic nitrogens is 5. The van der Waals surface area contributed by atoms with Gasteiger partial charge in [0.1, 0.15) is 21.2 Å². The van der Waals surface area contributed by atoms with E-state index in [0.29, 0.717) is 34.9 Å². The molecule has 3 N–H and O–H groups in total. The number of alkyl halides is 3. The summed E-state index contributed by atoms with van der Waals surface area (Å²) >= 11 is 0.667. The van der Waals surface area contributed by atoms with Gasteiger partial charge in [0.15, 0.2) is 12.4 Å². The van der Waals surface area contributed by atoms with Crippen LogP contribution in [-0.2, 0) is 24.9 Å². The lowest BCUT2D eigenvalue weighted by atomic mass is 9.87. The maximum Gasteiger partial charge on any atom is 0.433 e. The van der Waals surface area contributed by atoms with Crippen LogP contribution in [0.2, 0.25) is 0 Å². The highest BCUT2D eigenvalue weighted by Crippen LogP contribution is 2.44. The minimum atomic E-state index is -4.76. The number of nitrogens with zero attached hydrogens (tertiary/aromatic N) is 5. The van der Waals surface area contributed by atoms with E-state index in [2.05, 4.69) is 41.3 Å². The van der Waals surface area contributed by atoms with Crippen molar-refractivity contribution in [3.05, 3.63) is 76.3 Å². The summed E-state index contributed by atoms with van der Waals surface area (Å²) in [5.41, 5.74) is 6.52. The van der Waals surface area contributed by atoms with Gasteiger partial charge in [-0.1, -0.05) is 32.9 Å². The predicted octanol–water partition coefficient (Wildman–Crippen LogP) is 6.39. The van der Waals surface area contributed by atoms with Crippen molar-refractivity contribution in [1.29, 1.82) is 0 Å². The second-order valence-electron chi connectivity index (χ2n) is 11.1. The molecule has 0 atom stereocenters. The Bertz CT molecular complexity index is 1870. The van der Waals surface area contributed by atoms with Gasteiger partial charge in [0, 0.05) is 29.9 Å². The zero-order valence-electron chi connectivity index (χ0n) is 24.6. The number of rotatable bonds is 8. The third-order valence-electron chi connectivity index (χ3n) is 6.93. The number of nitrogens with one attached hydrogen (secondary N) is 1. The van der Waals surface area contributed by atoms with Gasteiger partial charge < -0.3 is 15.8 Å². The van der Waals surface area contributed by atoms with Crippen molar-refractivity contribution < 1.29 is 27.5 Å². The molecule has 4 aromatic heterocycles. The van der Waals surface area contributed by atoms with Crippen LogP contribution in [0.25, 0.3) is 21.3 Å². The van der Waals surface area contributed by atoms with E-state index in [1.165, 1.54) is 10.7 Å². The first-order valence-corrected chi connectivity index (χ1v) is 14.4. The van der Waals surface area contributed by atoms with Crippen LogP contribution in [0.1, 0.15) is 64.8 Å². The number of anilines is 1. The Balaban J connectivity index is 1.47. The Hall–Kier alpha value is -4.72. The van der Waals surface area contributed by atoms with Crippen LogP contribution in [0.3, 0.4) is 0 Å². The Kier molecular flexibility index (Phi) is 7.97. The number of carbonyl (C=O) groups excluding carboxylic acids is 2. The normalized spacial score (nSPS) is 12.1. The summed E-state index contributed by atoms with van der Waals surface area (Å²) in [5, 5.41) is 11.4. The van der Waals surface area contributed by atoms with Crippen molar-refractivity contribution >= 4 is 39.1 Å². The van der Waals surface area contributed by atoms with Crippen molar-refractivity contribution in [2.75, 3.05) is 5.32 Å². The highest BCUT2D eigenvalue weighted by molar-refractivity contribution is 7.21. The molecular formula is C30H30F3N7O3S. The van der Waals surface area contributed by atoms with Crippen LogP contribution in [0, 0.1) is 6.92 Å². The SMILES string of the molecule is CCn1cc(-c2cc(C(F)(F)F)nc3sc(C(N)=O)c(NC(=O)c4ccn(COc5ccc(C(C)(C)C)cc5)n4)c23)c(C)n1. The molecule has 5 aromatic rings. The number of pyridine rings is 1. The summed E-state index contributed by atoms with van der Waals surface area (Å²) in [6, 6.07) is 10.0. The second kappa shape index (κ2) is 11.4. The smallest absolute Gasteiger partial charge is 0.433 e. The average molecular weight is 626 g/mol. The molecule has 4 heterocycles. The lowest BCUT2D eigenvalue weighted by molar-refractivity contribution is -0.140. The van der Waals surface area contributed by atoms with E-state index < -0.39 is 23.7 Å². The van der Waals surface area contributed by atoms with Crippen molar-refractivity contribution in [1.82, 2.24) is 24.5 Å². The number of aryl methyl sites for hydroxylation is 2. The number of hydrogen-bond donors (Lipinski definition) is 2. The number of thiophene rings is 1. The Morgan fingerprint density at radius 3 is 2.34 bits per heavy atom. The molecule has 0 bridgehead atoms. The highest BCUT2D eigenvalue weighted by atomic mass is 32.1. The first-order valence-electron chi connectivity index (χ1n) is 13.6. The van der Waals surface area contributed by atoms with E-state index in [9.17, 15) is 22.8 Å². The van der Waals surface area contributed by atoms with Gasteiger partial charge in [0.2, 0.25) is 0 Å². The van der Waals surface area contributed by atoms with Crippen molar-refractivity contribution in [3.8, 4) is 16.9 Å². The van der Waals surface area contributed by atoms with Crippen LogP contribution in [0.15, 0.2) is 48.8 Å². The van der Waals surface area contributed by atoms with Crippen LogP contribution < -0.4 is 15.8 Å². The molecule has 44 heavy (non-hydrogen) atoms. The van der Waals surface area contributed by atoms with Gasteiger partial charge in [-0.2, -0.15) is 23.4 Å². The fourth-order valence-electron chi connectivity index (χ4n) is 4.62. The van der Waals surface area contributed by atoms with Gasteiger partial charge >= 0.3 is 6.18 Å². The molecule has 5 rings (SSSR count). The molecule has 0 spiro atoms. The zero-order valence-corrected chi connectivity index (χ0v) is 25.4. The predicted molar refractivity (Wildman–Crippen MR) is 161 cm³/mol. The van der Waals surface area contributed by atoms with Gasteiger partial charge in [-0.15, -0.1) is 11.3 Å². The third kappa shape index (κ3) is 6.16. The molecule has 14 heteroatoms. The molecule has 0 aliphatic rings. The highest BCUT2D eigenvalue weighted by Gasteiger charge is 2.35. The van der Waals surface area contributed by atoms with Gasteiger partial charge in [-0.3, -0.25) is 14.3 Å². The van der Waals surface area contributed by atoms with E-state index in [-0.39, 0.29) is 44.2 Å². The van der Waals surface area contributed by atoms with Gasteiger partial charge in [-0.25, -0.2) is 9.67 Å². The molecule has 2 amide bonds. The average Bonchev–Trinajstić information content (AvgIpc) is 3.68. The van der Waals surface area contributed by atoms with Crippen molar-refractivity contribution in [2.45, 2.75) is 59.5 Å². The number of fused-ring (bicyclic) bond motifs is 1. The molecular weight excluding hydrogens is 595 g/mol. The molecule has 0 saturated heterocycles. The van der Waals surface area contributed by atoms with Gasteiger partial charge in [0.05, 0.1) is 11.4 Å². The number of nitrogens with two attached hydrogens (primary N) is 1. The summed E-state index contributed by atoms with van der Waals surface area (Å²) in [6.45, 7) is 10.3. The van der Waals surface area contributed by atoms with Crippen molar-refractivity contribution in [3.63, 3.8) is 0 Å². The maximum atomic E-state index is 13.9. The topological polar surface area (TPSA) is 130 Å². The quantitative estimate of drug-likeness (QED) is 0.206. The molecule has 0 fully saturated rings. The monoisotopic (exact) mass is 625 g/mol. The summed E-state index contributed by atoms with van der Waals surface area (Å²) in [6.07, 6.45) is -1.61. The minimum Gasteiger partial charge on any atom is -0.471 e. The van der Waals surface area contributed by atoms with E-state index in [1.54, 1.807) is 24.0 Å². The van der Waals surface area contributed by atoms with Crippen LogP contribution in [-0.4, -0.2) is 36.4 Å². The van der Waals surface area contributed by atoms with Crippen LogP contribution >= 0.6 is 11.3 Å². The number of amides is 2. The maximum absolute atomic E-state index is 13.9. The summed E-state index contributed by atoms with van der Waals surface area (Å²) in [4.78, 5) is 29.3. The molecule has 0 radical (unpaired) electrons. The second-order valence-corrected chi connectivity index (χ2v) is 12.1. The lowest BCUT2D eigenvalue weighted by Crippen LogP contribution is -2.18. The standard InChI is InChI=1S/C30H30F3N7O3S/c1-6-39-14-20(16(2)37-39)19-13-22(30(31,32)33)35-28-23(19)24(25(44-28)26(34)41)36-27(42)21-11-12-40(38-21)15-43-18-9-7-17(8-10-18)29(3,4)5/h7-14H,6,15H2,1-5H3,(H2,34,41)(H,36,42). The summed E-state index contributed by atoms with van der Waals surface area (Å²) in [5.74, 6) is -1.01. The summed E-state index contributed by atoms with van der Waals surface area (Å²) < 4.78 is 50.4. The molecule has 10 nitrogen and oxygen atoms in total. The number of primary amides is 1. The first-order chi connectivity index (χ1) is 20.7. The fourth-order valence-corrected chi connectivity index (χ4v) is 5.62. The molecule has 1 aromatic carbocycles. The molecule has 0 unspecified atom stereocenters. The Labute approximate surface area is 254 Å². The third-order valence-corrected chi connectivity index (χ3v) is 8.03. The molecule has 0 aliphatic heterocycles. The number of carbonyl (C=O) groups is 2. The molecule has 0 saturated carbocycles. The minimum absolute atomic E-state index is 0.00129. The van der Waals surface area contributed by atoms with Crippen LogP contribution in [0.4, 0.5) is 18.9 Å². The molecule has 0 aliphatic carbocycles. The van der Waals surface area contributed by atoms with E-state index >= 15 is 0 Å². The number of hydrogen-bond acceptors (Lipinski definition) is 7. The lowest BCUT2D eigenvalue weighted by Gasteiger charge is -2.19. The van der Waals surface area contributed by atoms with Gasteiger partial charge in [-0.05, 0) is 54.7 Å². The Morgan fingerprint density at radius 1 is 1.05 bits per heavy atom. The van der Waals surface area contributed by atoms with E-state index in [0.717, 1.165) is 11.6 Å².